The normalized spacial score (nSPS) is 26.2. The van der Waals surface area contributed by atoms with Crippen molar-refractivity contribution in [2.24, 2.45) is 0 Å². The van der Waals surface area contributed by atoms with Crippen LogP contribution in [0, 0.1) is 0 Å². The van der Waals surface area contributed by atoms with Gasteiger partial charge in [0.05, 0.1) is 11.7 Å². The molecule has 2 atom stereocenters. The van der Waals surface area contributed by atoms with Crippen LogP contribution in [0.2, 0.25) is 0 Å². The van der Waals surface area contributed by atoms with Gasteiger partial charge in [-0.3, -0.25) is 4.90 Å². The van der Waals surface area contributed by atoms with E-state index in [-0.39, 0.29) is 11.8 Å². The van der Waals surface area contributed by atoms with Gasteiger partial charge in [0, 0.05) is 19.1 Å². The van der Waals surface area contributed by atoms with Crippen LogP contribution < -0.4 is 0 Å². The average molecular weight is 339 g/mol. The molecule has 4 rings (SSSR count). The van der Waals surface area contributed by atoms with Gasteiger partial charge in [0.25, 0.3) is 0 Å². The molecule has 0 bridgehead atoms. The van der Waals surface area contributed by atoms with E-state index in [1.807, 2.05) is 36.4 Å². The minimum absolute atomic E-state index is 0.0809. The highest BCUT2D eigenvalue weighted by Crippen LogP contribution is 2.39. The summed E-state index contributed by atoms with van der Waals surface area (Å²) in [7, 11) is 0. The molecule has 3 N–H and O–H groups in total. The summed E-state index contributed by atoms with van der Waals surface area (Å²) < 4.78 is 0. The Bertz CT molecular complexity index is 738. The zero-order valence-electron chi connectivity index (χ0n) is 14.3. The Balaban J connectivity index is 1.47. The van der Waals surface area contributed by atoms with E-state index in [9.17, 15) is 15.3 Å². The highest BCUT2D eigenvalue weighted by atomic mass is 16.3. The first kappa shape index (κ1) is 16.6. The monoisotopic (exact) mass is 339 g/mol. The molecule has 1 aliphatic heterocycles. The molecular weight excluding hydrogens is 314 g/mol. The number of benzene rings is 2. The van der Waals surface area contributed by atoms with Gasteiger partial charge in [-0.25, -0.2) is 0 Å². The first-order valence-corrected chi connectivity index (χ1v) is 9.09. The Labute approximate surface area is 148 Å². The maximum absolute atomic E-state index is 11.0. The van der Waals surface area contributed by atoms with Crippen molar-refractivity contribution < 1.29 is 15.3 Å². The summed E-state index contributed by atoms with van der Waals surface area (Å²) in [6.45, 7) is 1.56. The van der Waals surface area contributed by atoms with Crippen molar-refractivity contribution in [1.82, 2.24) is 4.90 Å². The van der Waals surface area contributed by atoms with E-state index in [2.05, 4.69) is 4.90 Å². The Morgan fingerprint density at radius 2 is 1.72 bits per heavy atom. The fourth-order valence-corrected chi connectivity index (χ4v) is 4.41. The number of aliphatic hydroxyl groups excluding tert-OH is 1. The third kappa shape index (κ3) is 3.06. The number of aromatic hydroxyl groups is 1. The Morgan fingerprint density at radius 1 is 1.00 bits per heavy atom. The minimum atomic E-state index is -0.763. The Morgan fingerprint density at radius 3 is 2.44 bits per heavy atom. The molecule has 1 heterocycles. The predicted molar refractivity (Wildman–Crippen MR) is 96.3 cm³/mol. The van der Waals surface area contributed by atoms with E-state index in [1.165, 1.54) is 0 Å². The number of hydrogen-bond acceptors (Lipinski definition) is 4. The third-order valence-electron chi connectivity index (χ3n) is 5.92. The van der Waals surface area contributed by atoms with E-state index in [0.717, 1.165) is 42.6 Å². The number of phenolic OH excluding ortho intramolecular Hbond substituents is 1. The number of hydrogen-bond donors (Lipinski definition) is 3. The zero-order valence-corrected chi connectivity index (χ0v) is 14.3. The minimum Gasteiger partial charge on any atom is -0.508 e. The first-order chi connectivity index (χ1) is 12.1. The molecule has 132 valence electrons. The molecular formula is C21H25NO3. The van der Waals surface area contributed by atoms with Crippen LogP contribution in [0.15, 0.2) is 48.5 Å². The smallest absolute Gasteiger partial charge is 0.115 e. The summed E-state index contributed by atoms with van der Waals surface area (Å²) in [5, 5.41) is 31.5. The summed E-state index contributed by atoms with van der Waals surface area (Å²) in [5.74, 6) is 0.260. The SMILES string of the molecule is Oc1ccc2c(c1)CC[C@@H](N1CCC(O)(c3ccccc3)CC1)[C@@H]2O. The first-order valence-electron chi connectivity index (χ1n) is 9.09. The van der Waals surface area contributed by atoms with Gasteiger partial charge in [0.1, 0.15) is 5.75 Å². The largest absolute Gasteiger partial charge is 0.508 e. The van der Waals surface area contributed by atoms with Crippen LogP contribution in [-0.2, 0) is 12.0 Å². The second kappa shape index (κ2) is 6.45. The van der Waals surface area contributed by atoms with Gasteiger partial charge in [-0.15, -0.1) is 0 Å². The molecule has 0 saturated carbocycles. The van der Waals surface area contributed by atoms with Crippen LogP contribution in [0.25, 0.3) is 0 Å². The van der Waals surface area contributed by atoms with E-state index in [0.29, 0.717) is 12.8 Å². The lowest BCUT2D eigenvalue weighted by molar-refractivity contribution is -0.0568. The van der Waals surface area contributed by atoms with Crippen molar-refractivity contribution in [3.05, 3.63) is 65.2 Å². The van der Waals surface area contributed by atoms with Gasteiger partial charge in [-0.2, -0.15) is 0 Å². The zero-order chi connectivity index (χ0) is 17.4. The molecule has 0 unspecified atom stereocenters. The average Bonchev–Trinajstić information content (AvgIpc) is 2.64. The second-order valence-electron chi connectivity index (χ2n) is 7.37. The molecule has 4 nitrogen and oxygen atoms in total. The van der Waals surface area contributed by atoms with Crippen LogP contribution >= 0.6 is 0 Å². The summed E-state index contributed by atoms with van der Waals surface area (Å²) in [5.41, 5.74) is 2.19. The fourth-order valence-electron chi connectivity index (χ4n) is 4.41. The maximum atomic E-state index is 11.0. The number of piperidine rings is 1. The maximum Gasteiger partial charge on any atom is 0.115 e. The summed E-state index contributed by atoms with van der Waals surface area (Å²) in [6.07, 6.45) is 2.57. The lowest BCUT2D eigenvalue weighted by Crippen LogP contribution is -2.50. The molecule has 0 aromatic heterocycles. The molecule has 2 aliphatic rings. The van der Waals surface area contributed by atoms with Crippen LogP contribution in [0.1, 0.15) is 42.1 Å². The number of rotatable bonds is 2. The van der Waals surface area contributed by atoms with E-state index in [1.54, 1.807) is 12.1 Å². The Hall–Kier alpha value is -1.88. The quantitative estimate of drug-likeness (QED) is 0.787. The number of nitrogens with zero attached hydrogens (tertiary/aromatic N) is 1. The summed E-state index contributed by atoms with van der Waals surface area (Å²) >= 11 is 0. The van der Waals surface area contributed by atoms with E-state index in [4.69, 9.17) is 0 Å². The van der Waals surface area contributed by atoms with Crippen molar-refractivity contribution in [3.63, 3.8) is 0 Å². The molecule has 4 heteroatoms. The van der Waals surface area contributed by atoms with Gasteiger partial charge >= 0.3 is 0 Å². The second-order valence-corrected chi connectivity index (χ2v) is 7.37. The van der Waals surface area contributed by atoms with E-state index < -0.39 is 11.7 Å². The van der Waals surface area contributed by atoms with Crippen molar-refractivity contribution in [3.8, 4) is 5.75 Å². The van der Waals surface area contributed by atoms with Crippen LogP contribution in [-0.4, -0.2) is 39.4 Å². The predicted octanol–water partition coefficient (Wildman–Crippen LogP) is 2.72. The molecule has 2 aromatic carbocycles. The van der Waals surface area contributed by atoms with Crippen molar-refractivity contribution in [2.45, 2.75) is 43.4 Å². The molecule has 0 spiro atoms. The van der Waals surface area contributed by atoms with Crippen molar-refractivity contribution >= 4 is 0 Å². The van der Waals surface area contributed by atoms with Gasteiger partial charge in [0.15, 0.2) is 0 Å². The highest BCUT2D eigenvalue weighted by Gasteiger charge is 2.39. The van der Waals surface area contributed by atoms with Crippen LogP contribution in [0.4, 0.5) is 0 Å². The van der Waals surface area contributed by atoms with Gasteiger partial charge in [-0.1, -0.05) is 36.4 Å². The molecule has 1 saturated heterocycles. The van der Waals surface area contributed by atoms with Gasteiger partial charge in [0.2, 0.25) is 0 Å². The van der Waals surface area contributed by atoms with Crippen molar-refractivity contribution in [1.29, 1.82) is 0 Å². The highest BCUT2D eigenvalue weighted by molar-refractivity contribution is 5.38. The molecule has 0 radical (unpaired) electrons. The number of phenols is 1. The molecule has 1 fully saturated rings. The lowest BCUT2D eigenvalue weighted by Gasteiger charge is -2.45. The summed E-state index contributed by atoms with van der Waals surface area (Å²) in [6, 6.07) is 15.2. The lowest BCUT2D eigenvalue weighted by atomic mass is 9.81. The molecule has 25 heavy (non-hydrogen) atoms. The van der Waals surface area contributed by atoms with E-state index >= 15 is 0 Å². The molecule has 2 aromatic rings. The number of likely N-dealkylation sites (tertiary alicyclic amines) is 1. The molecule has 0 amide bonds. The van der Waals surface area contributed by atoms with Crippen LogP contribution in [0.3, 0.4) is 0 Å². The van der Waals surface area contributed by atoms with Crippen LogP contribution in [0.5, 0.6) is 5.75 Å². The van der Waals surface area contributed by atoms with Gasteiger partial charge in [-0.05, 0) is 54.5 Å². The number of fused-ring (bicyclic) bond motifs is 1. The van der Waals surface area contributed by atoms with Crippen molar-refractivity contribution in [2.75, 3.05) is 13.1 Å². The topological polar surface area (TPSA) is 63.9 Å². The standard InChI is InChI=1S/C21H25NO3/c23-17-7-8-18-15(14-17)6-9-19(20(18)24)22-12-10-21(25,11-13-22)16-4-2-1-3-5-16/h1-5,7-8,14,19-20,23-25H,6,9-13H2/t19-,20-/m1/s1. The number of aryl methyl sites for hydroxylation is 1. The number of aliphatic hydroxyl groups is 2. The summed E-state index contributed by atoms with van der Waals surface area (Å²) in [4.78, 5) is 2.32. The Kier molecular flexibility index (Phi) is 4.28. The molecule has 1 aliphatic carbocycles. The van der Waals surface area contributed by atoms with Gasteiger partial charge < -0.3 is 15.3 Å². The fraction of sp³-hybridized carbons (Fsp3) is 0.429. The third-order valence-corrected chi connectivity index (χ3v) is 5.92.